The SMILES string of the molecule is CCCCNC(=O)c1cc(-c2csc(C(=O)OCC)n2)n(Cc2cccs2)c1C. The molecule has 0 bridgehead atoms. The lowest BCUT2D eigenvalue weighted by Crippen LogP contribution is -2.24. The van der Waals surface area contributed by atoms with Crippen molar-refractivity contribution in [3.63, 3.8) is 0 Å². The number of carbonyl (C=O) groups excluding carboxylic acids is 2. The van der Waals surface area contributed by atoms with Crippen molar-refractivity contribution in [1.29, 1.82) is 0 Å². The van der Waals surface area contributed by atoms with Crippen LogP contribution in [0.1, 0.15) is 57.4 Å². The third kappa shape index (κ3) is 4.94. The van der Waals surface area contributed by atoms with E-state index in [4.69, 9.17) is 4.74 Å². The van der Waals surface area contributed by atoms with E-state index in [1.165, 1.54) is 16.2 Å². The number of esters is 1. The van der Waals surface area contributed by atoms with Crippen LogP contribution in [0, 0.1) is 6.92 Å². The number of hydrogen-bond acceptors (Lipinski definition) is 6. The Hall–Kier alpha value is -2.45. The lowest BCUT2D eigenvalue weighted by molar-refractivity contribution is 0.0526. The van der Waals surface area contributed by atoms with Crippen LogP contribution in [0.5, 0.6) is 0 Å². The van der Waals surface area contributed by atoms with Gasteiger partial charge in [0.05, 0.1) is 30.1 Å². The Morgan fingerprint density at radius 2 is 2.10 bits per heavy atom. The highest BCUT2D eigenvalue weighted by Crippen LogP contribution is 2.29. The number of hydrogen-bond donors (Lipinski definition) is 1. The van der Waals surface area contributed by atoms with Crippen LogP contribution in [-0.4, -0.2) is 34.6 Å². The molecule has 0 spiro atoms. The summed E-state index contributed by atoms with van der Waals surface area (Å²) in [5.74, 6) is -0.502. The van der Waals surface area contributed by atoms with E-state index in [9.17, 15) is 9.59 Å². The second-order valence-electron chi connectivity index (χ2n) is 6.56. The molecule has 3 rings (SSSR count). The molecule has 1 amide bonds. The molecule has 1 N–H and O–H groups in total. The number of thiophene rings is 1. The van der Waals surface area contributed by atoms with Crippen LogP contribution >= 0.6 is 22.7 Å². The molecule has 0 aliphatic heterocycles. The molecular formula is C21H25N3O3S2. The van der Waals surface area contributed by atoms with E-state index >= 15 is 0 Å². The van der Waals surface area contributed by atoms with Crippen molar-refractivity contribution < 1.29 is 14.3 Å². The van der Waals surface area contributed by atoms with Crippen molar-refractivity contribution in [3.05, 3.63) is 50.1 Å². The van der Waals surface area contributed by atoms with Crippen molar-refractivity contribution in [1.82, 2.24) is 14.9 Å². The summed E-state index contributed by atoms with van der Waals surface area (Å²) in [6.45, 7) is 7.42. The summed E-state index contributed by atoms with van der Waals surface area (Å²) in [5, 5.41) is 7.18. The molecule has 0 saturated heterocycles. The molecule has 0 unspecified atom stereocenters. The first kappa shape index (κ1) is 21.3. The number of rotatable bonds is 9. The fraction of sp³-hybridized carbons (Fsp3) is 0.381. The van der Waals surface area contributed by atoms with Crippen molar-refractivity contribution in [2.75, 3.05) is 13.2 Å². The van der Waals surface area contributed by atoms with Crippen LogP contribution in [0.15, 0.2) is 29.0 Å². The van der Waals surface area contributed by atoms with Gasteiger partial charge < -0.3 is 14.6 Å². The molecule has 0 radical (unpaired) electrons. The minimum atomic E-state index is -0.422. The van der Waals surface area contributed by atoms with Gasteiger partial charge in [-0.15, -0.1) is 22.7 Å². The largest absolute Gasteiger partial charge is 0.461 e. The zero-order valence-corrected chi connectivity index (χ0v) is 18.5. The number of nitrogens with one attached hydrogen (secondary N) is 1. The average molecular weight is 432 g/mol. The predicted octanol–water partition coefficient (Wildman–Crippen LogP) is 4.74. The standard InChI is InChI=1S/C21H25N3O3S2/c1-4-6-9-22-19(25)16-11-18(17-13-29-20(23-17)21(26)27-5-2)24(14(16)3)12-15-8-7-10-28-15/h7-8,10-11,13H,4-6,9,12H2,1-3H3,(H,22,25). The number of nitrogens with zero attached hydrogens (tertiary/aromatic N) is 2. The van der Waals surface area contributed by atoms with Crippen molar-refractivity contribution in [2.24, 2.45) is 0 Å². The van der Waals surface area contributed by atoms with E-state index in [1.54, 1.807) is 18.3 Å². The third-order valence-electron chi connectivity index (χ3n) is 4.54. The lowest BCUT2D eigenvalue weighted by atomic mass is 10.2. The fourth-order valence-corrected chi connectivity index (χ4v) is 4.40. The molecular weight excluding hydrogens is 406 g/mol. The number of ether oxygens (including phenoxy) is 1. The lowest BCUT2D eigenvalue weighted by Gasteiger charge is -2.10. The molecule has 6 nitrogen and oxygen atoms in total. The van der Waals surface area contributed by atoms with Crippen LogP contribution in [0.4, 0.5) is 0 Å². The minimum Gasteiger partial charge on any atom is -0.461 e. The summed E-state index contributed by atoms with van der Waals surface area (Å²) in [6, 6.07) is 5.95. The maximum atomic E-state index is 12.7. The first-order chi connectivity index (χ1) is 14.0. The topological polar surface area (TPSA) is 73.2 Å². The molecule has 0 fully saturated rings. The second kappa shape index (κ2) is 9.84. The second-order valence-corrected chi connectivity index (χ2v) is 8.45. The summed E-state index contributed by atoms with van der Waals surface area (Å²) < 4.78 is 7.14. The van der Waals surface area contributed by atoms with Gasteiger partial charge in [-0.2, -0.15) is 0 Å². The quantitative estimate of drug-likeness (QED) is 0.392. The molecule has 3 heterocycles. The smallest absolute Gasteiger partial charge is 0.367 e. The summed E-state index contributed by atoms with van der Waals surface area (Å²) in [5.41, 5.74) is 3.01. The van der Waals surface area contributed by atoms with Gasteiger partial charge in [0, 0.05) is 22.5 Å². The van der Waals surface area contributed by atoms with Crippen molar-refractivity contribution in [2.45, 2.75) is 40.2 Å². The van der Waals surface area contributed by atoms with E-state index in [-0.39, 0.29) is 5.91 Å². The van der Waals surface area contributed by atoms with Crippen LogP contribution in [-0.2, 0) is 11.3 Å². The number of amides is 1. The number of carbonyl (C=O) groups is 2. The molecule has 8 heteroatoms. The zero-order valence-electron chi connectivity index (χ0n) is 16.9. The Kier molecular flexibility index (Phi) is 7.22. The monoisotopic (exact) mass is 431 g/mol. The summed E-state index contributed by atoms with van der Waals surface area (Å²) in [4.78, 5) is 30.4. The Labute approximate surface area is 178 Å². The maximum Gasteiger partial charge on any atom is 0.367 e. The van der Waals surface area contributed by atoms with Crippen LogP contribution in [0.2, 0.25) is 0 Å². The zero-order chi connectivity index (χ0) is 20.8. The third-order valence-corrected chi connectivity index (χ3v) is 6.22. The van der Waals surface area contributed by atoms with E-state index in [0.717, 1.165) is 24.2 Å². The van der Waals surface area contributed by atoms with Gasteiger partial charge in [0.2, 0.25) is 5.01 Å². The molecule has 0 aromatic carbocycles. The van der Waals surface area contributed by atoms with Crippen molar-refractivity contribution >= 4 is 34.6 Å². The fourth-order valence-electron chi connectivity index (χ4n) is 3.00. The van der Waals surface area contributed by atoms with Gasteiger partial charge in [0.1, 0.15) is 0 Å². The molecule has 154 valence electrons. The molecule has 0 aliphatic rings. The average Bonchev–Trinajstić information content (AvgIpc) is 3.44. The highest BCUT2D eigenvalue weighted by molar-refractivity contribution is 7.12. The Morgan fingerprint density at radius 3 is 2.79 bits per heavy atom. The van der Waals surface area contributed by atoms with Gasteiger partial charge in [-0.25, -0.2) is 9.78 Å². The first-order valence-corrected chi connectivity index (χ1v) is 11.4. The number of thiazole rings is 1. The van der Waals surface area contributed by atoms with Crippen molar-refractivity contribution in [3.8, 4) is 11.4 Å². The van der Waals surface area contributed by atoms with Gasteiger partial charge in [0.25, 0.3) is 5.91 Å². The van der Waals surface area contributed by atoms with E-state index < -0.39 is 5.97 Å². The normalized spacial score (nSPS) is 10.9. The molecule has 0 atom stereocenters. The van der Waals surface area contributed by atoms with Gasteiger partial charge in [-0.1, -0.05) is 19.4 Å². The molecule has 3 aromatic heterocycles. The highest BCUT2D eigenvalue weighted by atomic mass is 32.1. The Balaban J connectivity index is 1.97. The van der Waals surface area contributed by atoms with E-state index in [0.29, 0.717) is 36.0 Å². The molecule has 29 heavy (non-hydrogen) atoms. The van der Waals surface area contributed by atoms with Gasteiger partial charge in [0.15, 0.2) is 0 Å². The van der Waals surface area contributed by atoms with Crippen LogP contribution in [0.25, 0.3) is 11.4 Å². The maximum absolute atomic E-state index is 12.7. The van der Waals surface area contributed by atoms with Crippen LogP contribution < -0.4 is 5.32 Å². The Morgan fingerprint density at radius 1 is 1.28 bits per heavy atom. The molecule has 3 aromatic rings. The van der Waals surface area contributed by atoms with E-state index in [1.807, 2.05) is 29.8 Å². The summed E-state index contributed by atoms with van der Waals surface area (Å²) in [7, 11) is 0. The Bertz CT molecular complexity index is 974. The summed E-state index contributed by atoms with van der Waals surface area (Å²) in [6.07, 6.45) is 1.97. The van der Waals surface area contributed by atoms with Crippen LogP contribution in [0.3, 0.4) is 0 Å². The minimum absolute atomic E-state index is 0.0806. The number of unbranched alkanes of at least 4 members (excludes halogenated alkanes) is 1. The summed E-state index contributed by atoms with van der Waals surface area (Å²) >= 11 is 2.92. The van der Waals surface area contributed by atoms with Gasteiger partial charge in [-0.05, 0) is 37.8 Å². The highest BCUT2D eigenvalue weighted by Gasteiger charge is 2.21. The molecule has 0 saturated carbocycles. The van der Waals surface area contributed by atoms with E-state index in [2.05, 4.69) is 27.9 Å². The molecule has 0 aliphatic carbocycles. The first-order valence-electron chi connectivity index (χ1n) is 9.68. The predicted molar refractivity (Wildman–Crippen MR) is 117 cm³/mol. The van der Waals surface area contributed by atoms with Gasteiger partial charge in [-0.3, -0.25) is 4.79 Å². The number of aromatic nitrogens is 2. The van der Waals surface area contributed by atoms with Gasteiger partial charge >= 0.3 is 5.97 Å².